The fourth-order valence-corrected chi connectivity index (χ4v) is 4.57. The van der Waals surface area contributed by atoms with Crippen molar-refractivity contribution in [2.24, 2.45) is 0 Å². The molecule has 1 aliphatic heterocycles. The number of carbonyl (C=O) groups is 2. The summed E-state index contributed by atoms with van der Waals surface area (Å²) in [6, 6.07) is 11.9. The molecule has 0 spiro atoms. The molecule has 0 radical (unpaired) electrons. The number of ether oxygens (including phenoxy) is 1. The maximum Gasteiger partial charge on any atom is 0.269 e. The molecule has 0 aliphatic carbocycles. The maximum atomic E-state index is 13.0. The molecular weight excluding hydrogens is 442 g/mol. The zero-order valence-electron chi connectivity index (χ0n) is 20.8. The Morgan fingerprint density at radius 1 is 1.23 bits per heavy atom. The smallest absolute Gasteiger partial charge is 0.269 e. The van der Waals surface area contributed by atoms with Crippen LogP contribution in [0.25, 0.3) is 10.9 Å². The van der Waals surface area contributed by atoms with Gasteiger partial charge >= 0.3 is 0 Å². The predicted molar refractivity (Wildman–Crippen MR) is 137 cm³/mol. The fraction of sp³-hybridized carbons (Fsp3) is 0.444. The summed E-state index contributed by atoms with van der Waals surface area (Å²) in [5, 5.41) is 6.71. The highest BCUT2D eigenvalue weighted by Gasteiger charge is 2.22. The highest BCUT2D eigenvalue weighted by molar-refractivity contribution is 5.98. The van der Waals surface area contributed by atoms with Gasteiger partial charge in [0.05, 0.1) is 12.7 Å². The van der Waals surface area contributed by atoms with Gasteiger partial charge in [0.25, 0.3) is 11.8 Å². The van der Waals surface area contributed by atoms with Gasteiger partial charge in [0.1, 0.15) is 5.69 Å². The van der Waals surface area contributed by atoms with E-state index in [2.05, 4.69) is 39.3 Å². The third-order valence-electron chi connectivity index (χ3n) is 6.55. The second kappa shape index (κ2) is 11.5. The van der Waals surface area contributed by atoms with Crippen molar-refractivity contribution in [3.05, 3.63) is 65.1 Å². The Morgan fingerprint density at radius 2 is 2.09 bits per heavy atom. The van der Waals surface area contributed by atoms with Crippen LogP contribution in [-0.2, 0) is 11.2 Å². The lowest BCUT2D eigenvalue weighted by molar-refractivity contribution is -0.0424. The van der Waals surface area contributed by atoms with Crippen LogP contribution in [-0.4, -0.2) is 72.1 Å². The molecule has 3 aromatic rings. The second-order valence-electron chi connectivity index (χ2n) is 9.32. The molecule has 186 valence electrons. The van der Waals surface area contributed by atoms with E-state index in [0.29, 0.717) is 30.3 Å². The summed E-state index contributed by atoms with van der Waals surface area (Å²) in [5.74, 6) is -0.517. The van der Waals surface area contributed by atoms with Gasteiger partial charge in [-0.3, -0.25) is 14.5 Å². The standard InChI is InChI=1S/C27H35N5O3/c1-18(2)32-12-13-35-22(17-32)7-5-10-30-26(33)20-15-21(31-25(16-20)27(34)28-3)14-19-6-4-8-24-23(19)9-11-29-24/h4,6,8-9,11,15-16,18,22,29H,5,7,10,12-14,17H2,1-3H3,(H,28,34)(H,30,33)/t22-/m0/s1. The molecule has 3 N–H and O–H groups in total. The van der Waals surface area contributed by atoms with E-state index in [1.54, 1.807) is 19.2 Å². The van der Waals surface area contributed by atoms with Crippen molar-refractivity contribution in [1.29, 1.82) is 0 Å². The molecule has 1 atom stereocenters. The molecule has 1 aromatic carbocycles. The average Bonchev–Trinajstić information content (AvgIpc) is 3.36. The van der Waals surface area contributed by atoms with Crippen molar-refractivity contribution >= 4 is 22.7 Å². The average molecular weight is 478 g/mol. The maximum absolute atomic E-state index is 13.0. The van der Waals surface area contributed by atoms with Crippen LogP contribution in [0.2, 0.25) is 0 Å². The first-order chi connectivity index (χ1) is 16.9. The third-order valence-corrected chi connectivity index (χ3v) is 6.55. The molecule has 2 aromatic heterocycles. The Morgan fingerprint density at radius 3 is 2.89 bits per heavy atom. The number of morpholine rings is 1. The molecule has 0 saturated carbocycles. The van der Waals surface area contributed by atoms with Gasteiger partial charge in [0.2, 0.25) is 0 Å². The van der Waals surface area contributed by atoms with Crippen molar-refractivity contribution < 1.29 is 14.3 Å². The molecule has 0 unspecified atom stereocenters. The predicted octanol–water partition coefficient (Wildman–Crippen LogP) is 3.13. The SMILES string of the molecule is CNC(=O)c1cc(C(=O)NCCC[C@H]2CN(C(C)C)CCO2)cc(Cc2cccc3[nH]ccc23)n1. The largest absolute Gasteiger partial charge is 0.376 e. The van der Waals surface area contributed by atoms with Crippen LogP contribution in [0, 0.1) is 0 Å². The van der Waals surface area contributed by atoms with E-state index in [-0.39, 0.29) is 23.6 Å². The number of rotatable bonds is 9. The Kier molecular flexibility index (Phi) is 8.15. The summed E-state index contributed by atoms with van der Waals surface area (Å²) in [6.07, 6.45) is 4.35. The number of benzene rings is 1. The van der Waals surface area contributed by atoms with Crippen molar-refractivity contribution in [3.8, 4) is 0 Å². The van der Waals surface area contributed by atoms with Gasteiger partial charge in [-0.05, 0) is 56.5 Å². The fourth-order valence-electron chi connectivity index (χ4n) is 4.57. The van der Waals surface area contributed by atoms with Crippen LogP contribution in [0.4, 0.5) is 0 Å². The molecule has 8 nitrogen and oxygen atoms in total. The lowest BCUT2D eigenvalue weighted by Crippen LogP contribution is -2.45. The van der Waals surface area contributed by atoms with Gasteiger partial charge in [-0.2, -0.15) is 0 Å². The summed E-state index contributed by atoms with van der Waals surface area (Å²) < 4.78 is 5.89. The molecule has 4 rings (SSSR count). The molecule has 2 amide bonds. The Labute approximate surface area is 206 Å². The van der Waals surface area contributed by atoms with E-state index in [9.17, 15) is 9.59 Å². The van der Waals surface area contributed by atoms with Gasteiger partial charge in [0, 0.05) is 67.5 Å². The Balaban J connectivity index is 1.41. The summed E-state index contributed by atoms with van der Waals surface area (Å²) in [5.41, 5.74) is 3.48. The van der Waals surface area contributed by atoms with E-state index < -0.39 is 0 Å². The normalized spacial score (nSPS) is 16.5. The summed E-state index contributed by atoms with van der Waals surface area (Å²) in [4.78, 5) is 35.5. The topological polar surface area (TPSA) is 99.4 Å². The number of amides is 2. The van der Waals surface area contributed by atoms with Gasteiger partial charge < -0.3 is 20.4 Å². The number of H-pyrrole nitrogens is 1. The molecule has 8 heteroatoms. The second-order valence-corrected chi connectivity index (χ2v) is 9.32. The van der Waals surface area contributed by atoms with Crippen LogP contribution in [0.15, 0.2) is 42.6 Å². The minimum atomic E-state index is -0.315. The zero-order valence-corrected chi connectivity index (χ0v) is 20.8. The number of fused-ring (bicyclic) bond motifs is 1. The number of pyridine rings is 1. The third kappa shape index (κ3) is 6.26. The van der Waals surface area contributed by atoms with Crippen LogP contribution in [0.5, 0.6) is 0 Å². The van der Waals surface area contributed by atoms with Crippen LogP contribution in [0.3, 0.4) is 0 Å². The number of nitrogens with one attached hydrogen (secondary N) is 3. The monoisotopic (exact) mass is 477 g/mol. The summed E-state index contributed by atoms with van der Waals surface area (Å²) >= 11 is 0. The lowest BCUT2D eigenvalue weighted by atomic mass is 10.0. The number of carbonyl (C=O) groups excluding carboxylic acids is 2. The van der Waals surface area contributed by atoms with Crippen molar-refractivity contribution in [2.75, 3.05) is 33.3 Å². The zero-order chi connectivity index (χ0) is 24.8. The molecule has 0 bridgehead atoms. The highest BCUT2D eigenvalue weighted by atomic mass is 16.5. The number of nitrogens with zero attached hydrogens (tertiary/aromatic N) is 2. The van der Waals surface area contributed by atoms with E-state index >= 15 is 0 Å². The van der Waals surface area contributed by atoms with E-state index in [1.165, 1.54) is 0 Å². The van der Waals surface area contributed by atoms with E-state index in [4.69, 9.17) is 4.74 Å². The molecule has 3 heterocycles. The van der Waals surface area contributed by atoms with Crippen molar-refractivity contribution in [1.82, 2.24) is 25.5 Å². The number of hydrogen-bond donors (Lipinski definition) is 3. The van der Waals surface area contributed by atoms with E-state index in [1.807, 2.05) is 30.5 Å². The molecule has 35 heavy (non-hydrogen) atoms. The van der Waals surface area contributed by atoms with Gasteiger partial charge in [0.15, 0.2) is 0 Å². The Hall–Kier alpha value is -3.23. The van der Waals surface area contributed by atoms with E-state index in [0.717, 1.165) is 49.0 Å². The highest BCUT2D eigenvalue weighted by Crippen LogP contribution is 2.21. The minimum absolute atomic E-state index is 0.201. The minimum Gasteiger partial charge on any atom is -0.376 e. The van der Waals surface area contributed by atoms with Gasteiger partial charge in [-0.25, -0.2) is 4.98 Å². The van der Waals surface area contributed by atoms with Gasteiger partial charge in [-0.1, -0.05) is 12.1 Å². The number of aromatic amines is 1. The lowest BCUT2D eigenvalue weighted by Gasteiger charge is -2.35. The Bertz CT molecular complexity index is 1170. The number of hydrogen-bond acceptors (Lipinski definition) is 5. The summed E-state index contributed by atoms with van der Waals surface area (Å²) in [7, 11) is 1.56. The van der Waals surface area contributed by atoms with Crippen LogP contribution >= 0.6 is 0 Å². The van der Waals surface area contributed by atoms with Crippen molar-refractivity contribution in [2.45, 2.75) is 45.3 Å². The first kappa shape index (κ1) is 24.9. The molecule has 1 fully saturated rings. The summed E-state index contributed by atoms with van der Waals surface area (Å²) in [6.45, 7) is 7.63. The first-order valence-corrected chi connectivity index (χ1v) is 12.4. The van der Waals surface area contributed by atoms with Crippen molar-refractivity contribution in [3.63, 3.8) is 0 Å². The quantitative estimate of drug-likeness (QED) is 0.411. The number of aromatic nitrogens is 2. The molecule has 1 aliphatic rings. The molecule has 1 saturated heterocycles. The van der Waals surface area contributed by atoms with Gasteiger partial charge in [-0.15, -0.1) is 0 Å². The first-order valence-electron chi connectivity index (χ1n) is 12.4. The molecular formula is C27H35N5O3. The van der Waals surface area contributed by atoms with Crippen LogP contribution < -0.4 is 10.6 Å². The van der Waals surface area contributed by atoms with Crippen LogP contribution in [0.1, 0.15) is 58.8 Å².